The molecule has 0 aromatic heterocycles. The zero-order chi connectivity index (χ0) is 59.7. The molecule has 9 atom stereocenters. The van der Waals surface area contributed by atoms with E-state index in [-0.39, 0.29) is 102 Å². The van der Waals surface area contributed by atoms with Crippen molar-refractivity contribution in [2.75, 3.05) is 65.4 Å². The van der Waals surface area contributed by atoms with Crippen LogP contribution in [0.15, 0.2) is 30.3 Å². The molecule has 450 valence electrons. The van der Waals surface area contributed by atoms with Crippen LogP contribution in [-0.4, -0.2) is 190 Å². The minimum Gasteiger partial charge on any atom is -0.391 e. The zero-order valence-corrected chi connectivity index (χ0v) is 46.5. The molecule has 1 aromatic carbocycles. The molecule has 1 aliphatic rings. The largest absolute Gasteiger partial charge is 0.391 e. The smallest absolute Gasteiger partial charge is 0.245 e. The average Bonchev–Trinajstić information content (AvgIpc) is 3.42. The summed E-state index contributed by atoms with van der Waals surface area (Å²) in [5.41, 5.74) is 29.5. The summed E-state index contributed by atoms with van der Waals surface area (Å²) in [6.07, 6.45) is -0.381. The van der Waals surface area contributed by atoms with Gasteiger partial charge in [-0.15, -0.1) is 0 Å². The minimum atomic E-state index is -1.36. The van der Waals surface area contributed by atoms with Crippen molar-refractivity contribution in [3.63, 3.8) is 0 Å². The molecule has 80 heavy (non-hydrogen) atoms. The van der Waals surface area contributed by atoms with Gasteiger partial charge in [-0.05, 0) is 123 Å². The van der Waals surface area contributed by atoms with E-state index in [9.17, 15) is 57.8 Å². The number of aliphatic hydroxyl groups excluding tert-OH is 1. The second-order valence-corrected chi connectivity index (χ2v) is 19.8. The Hall–Kier alpha value is -6.89. The summed E-state index contributed by atoms with van der Waals surface area (Å²) in [7, 11) is 0. The van der Waals surface area contributed by atoms with Crippen molar-refractivity contribution < 1.29 is 57.8 Å². The highest BCUT2D eigenvalue weighted by Gasteiger charge is 2.35. The van der Waals surface area contributed by atoms with E-state index in [1.807, 2.05) is 0 Å². The van der Waals surface area contributed by atoms with Crippen LogP contribution < -0.4 is 92.5 Å². The number of amides is 11. The summed E-state index contributed by atoms with van der Waals surface area (Å²) in [5, 5.41) is 41.4. The van der Waals surface area contributed by atoms with Gasteiger partial charge in [0.2, 0.25) is 65.0 Å². The molecule has 0 saturated carbocycles. The lowest BCUT2D eigenvalue weighted by Crippen LogP contribution is -2.61. The van der Waals surface area contributed by atoms with Crippen LogP contribution >= 0.6 is 0 Å². The van der Waals surface area contributed by atoms with Crippen molar-refractivity contribution in [2.24, 2.45) is 40.5 Å². The molecule has 0 radical (unpaired) electrons. The summed E-state index contributed by atoms with van der Waals surface area (Å²) in [6, 6.07) is -1.61. The van der Waals surface area contributed by atoms with Gasteiger partial charge in [0.1, 0.15) is 48.3 Å². The van der Waals surface area contributed by atoms with Crippen LogP contribution in [0.25, 0.3) is 0 Å². The third-order valence-electron chi connectivity index (χ3n) is 12.7. The Morgan fingerprint density at radius 1 is 0.500 bits per heavy atom. The third-order valence-corrected chi connectivity index (χ3v) is 12.7. The number of carbonyl (C=O) groups excluding carboxylic acids is 11. The summed E-state index contributed by atoms with van der Waals surface area (Å²) < 4.78 is 0. The highest BCUT2D eigenvalue weighted by molar-refractivity contribution is 5.98. The highest BCUT2D eigenvalue weighted by Crippen LogP contribution is 2.13. The Balaban J connectivity index is 2.20. The molecule has 0 aliphatic carbocycles. The second kappa shape index (κ2) is 37.9. The lowest BCUT2D eigenvalue weighted by molar-refractivity contribution is -0.136. The van der Waals surface area contributed by atoms with Gasteiger partial charge in [0, 0.05) is 18.9 Å². The lowest BCUT2D eigenvalue weighted by atomic mass is 9.96. The molecule has 2 rings (SSSR count). The molecular formula is C51H89N17O12. The maximum absolute atomic E-state index is 14.3. The van der Waals surface area contributed by atoms with E-state index in [0.717, 1.165) is 0 Å². The molecule has 1 aromatic rings. The first-order valence-corrected chi connectivity index (χ1v) is 27.3. The Kier molecular flexibility index (Phi) is 32.8. The first-order chi connectivity index (χ1) is 38.1. The first-order valence-electron chi connectivity index (χ1n) is 27.3. The lowest BCUT2D eigenvalue weighted by Gasteiger charge is -2.28. The van der Waals surface area contributed by atoms with Crippen LogP contribution in [0.1, 0.15) is 84.6 Å². The second-order valence-electron chi connectivity index (χ2n) is 19.8. The number of carbonyl (C=O) groups is 11. The van der Waals surface area contributed by atoms with E-state index in [0.29, 0.717) is 31.5 Å². The van der Waals surface area contributed by atoms with E-state index < -0.39 is 127 Å². The molecule has 0 bridgehead atoms. The van der Waals surface area contributed by atoms with Crippen LogP contribution in [-0.2, 0) is 59.2 Å². The fourth-order valence-electron chi connectivity index (χ4n) is 8.42. The van der Waals surface area contributed by atoms with Gasteiger partial charge in [0.15, 0.2) is 0 Å². The van der Waals surface area contributed by atoms with E-state index in [1.165, 1.54) is 6.92 Å². The van der Waals surface area contributed by atoms with Gasteiger partial charge in [-0.1, -0.05) is 44.2 Å². The minimum absolute atomic E-state index is 0.0542. The molecule has 1 saturated heterocycles. The van der Waals surface area contributed by atoms with Crippen molar-refractivity contribution >= 4 is 65.0 Å². The molecule has 29 nitrogen and oxygen atoms in total. The number of aliphatic hydroxyl groups is 1. The molecule has 29 heteroatoms. The van der Waals surface area contributed by atoms with E-state index in [4.69, 9.17) is 28.7 Å². The standard InChI is InChI=1S/C51H89N17O12/c1-5-58-51(80)42(30(4)69)68-48(77)37(15-22-56)64-47(76)36(14-21-55)65-49(78)38(25-29(2)3)66-50(79)39(26-31-9-7-6-8-10-31)67-46(75)35(13-20-54)62-41(71)28-59-44(73)33(11-18-52)61-40(70)27-60-45(74)34(12-19-53)63-43(72)32-16-23-57-24-17-32/h6-10,29-30,32-39,42,57,69H,5,11-28,52-56H2,1-4H3,(H,58,80)(H,59,73)(H,60,74)(H,61,70)(H,62,71)(H,63,72)(H,64,76)(H,65,78)(H,66,79)(H,67,75)(H,68,77)/t30?,33-,34-,35-,36-,37-,38-,39+,42?/m0/s1. The number of likely N-dealkylation sites (N-methyl/N-ethyl adjacent to an activating group) is 1. The molecular weight excluding hydrogens is 1040 g/mol. The number of nitrogens with two attached hydrogens (primary N) is 5. The van der Waals surface area contributed by atoms with Crippen molar-refractivity contribution in [2.45, 2.75) is 140 Å². The maximum atomic E-state index is 14.3. The van der Waals surface area contributed by atoms with Gasteiger partial charge in [0.25, 0.3) is 0 Å². The molecule has 23 N–H and O–H groups in total. The Bertz CT molecular complexity index is 2170. The molecule has 1 aliphatic heterocycles. The molecule has 11 amide bonds. The summed E-state index contributed by atoms with van der Waals surface area (Å²) in [6.45, 7) is 6.61. The maximum Gasteiger partial charge on any atom is 0.245 e. The fourth-order valence-corrected chi connectivity index (χ4v) is 8.42. The van der Waals surface area contributed by atoms with Crippen LogP contribution in [0.4, 0.5) is 0 Å². The average molecular weight is 1130 g/mol. The predicted molar refractivity (Wildman–Crippen MR) is 295 cm³/mol. The Morgan fingerprint density at radius 3 is 1.32 bits per heavy atom. The van der Waals surface area contributed by atoms with Crippen LogP contribution in [0, 0.1) is 11.8 Å². The number of piperidine rings is 1. The number of nitrogens with one attached hydrogen (secondary N) is 12. The predicted octanol–water partition coefficient (Wildman–Crippen LogP) is -7.35. The fraction of sp³-hybridized carbons (Fsp3) is 0.667. The summed E-state index contributed by atoms with van der Waals surface area (Å²) in [4.78, 5) is 147. The summed E-state index contributed by atoms with van der Waals surface area (Å²) in [5.74, 6) is -8.59. The van der Waals surface area contributed by atoms with E-state index >= 15 is 0 Å². The number of hydrogen-bond acceptors (Lipinski definition) is 18. The van der Waals surface area contributed by atoms with Crippen molar-refractivity contribution in [3.05, 3.63) is 35.9 Å². The highest BCUT2D eigenvalue weighted by atomic mass is 16.3. The quantitative estimate of drug-likeness (QED) is 0.0294. The number of benzene rings is 1. The zero-order valence-electron chi connectivity index (χ0n) is 46.5. The van der Waals surface area contributed by atoms with Crippen molar-refractivity contribution in [3.8, 4) is 0 Å². The Labute approximate surface area is 467 Å². The van der Waals surface area contributed by atoms with Gasteiger partial charge in [0.05, 0.1) is 19.2 Å². The molecule has 0 spiro atoms. The Morgan fingerprint density at radius 2 is 0.887 bits per heavy atom. The first kappa shape index (κ1) is 69.2. The van der Waals surface area contributed by atoms with E-state index in [2.05, 4.69) is 63.8 Å². The topological polar surface area (TPSA) is 482 Å². The van der Waals surface area contributed by atoms with Gasteiger partial charge in [-0.25, -0.2) is 0 Å². The van der Waals surface area contributed by atoms with Crippen molar-refractivity contribution in [1.29, 1.82) is 0 Å². The SMILES string of the molecule is CCNC(=O)C(NC(=O)[C@H](CCN)NC(=O)[C@H](CCN)NC(=O)[C@H](CC(C)C)NC(=O)[C@@H](Cc1ccccc1)NC(=O)[C@H](CCN)NC(=O)CNC(=O)[C@H](CCN)NC(=O)CNC(=O)[C@H](CCN)NC(=O)C1CCNCC1)C(C)O. The normalized spacial score (nSPS) is 15.8. The van der Waals surface area contributed by atoms with Crippen LogP contribution in [0.3, 0.4) is 0 Å². The van der Waals surface area contributed by atoms with Crippen molar-refractivity contribution in [1.82, 2.24) is 63.8 Å². The third kappa shape index (κ3) is 25.5. The van der Waals surface area contributed by atoms with E-state index in [1.54, 1.807) is 51.1 Å². The number of hydrogen-bond donors (Lipinski definition) is 18. The number of rotatable bonds is 37. The van der Waals surface area contributed by atoms with Crippen LogP contribution in [0.2, 0.25) is 0 Å². The molecule has 2 unspecified atom stereocenters. The summed E-state index contributed by atoms with van der Waals surface area (Å²) >= 11 is 0. The van der Waals surface area contributed by atoms with Crippen LogP contribution in [0.5, 0.6) is 0 Å². The van der Waals surface area contributed by atoms with Gasteiger partial charge in [-0.2, -0.15) is 0 Å². The van der Waals surface area contributed by atoms with Gasteiger partial charge in [-0.3, -0.25) is 52.7 Å². The van der Waals surface area contributed by atoms with Gasteiger partial charge < -0.3 is 97.6 Å². The van der Waals surface area contributed by atoms with Gasteiger partial charge >= 0.3 is 0 Å². The molecule has 1 heterocycles. The monoisotopic (exact) mass is 1130 g/mol. The molecule has 1 fully saturated rings.